The second-order valence-electron chi connectivity index (χ2n) is 6.38. The van der Waals surface area contributed by atoms with Crippen LogP contribution in [-0.4, -0.2) is 32.9 Å². The molecule has 1 atom stereocenters. The van der Waals surface area contributed by atoms with Crippen molar-refractivity contribution in [1.29, 1.82) is 0 Å². The highest BCUT2D eigenvalue weighted by Crippen LogP contribution is 2.24. The van der Waals surface area contributed by atoms with Crippen molar-refractivity contribution in [3.05, 3.63) is 60.0 Å². The summed E-state index contributed by atoms with van der Waals surface area (Å²) in [7, 11) is 0. The third kappa shape index (κ3) is 3.51. The molecule has 1 aromatic carbocycles. The van der Waals surface area contributed by atoms with E-state index in [1.165, 1.54) is 5.56 Å². The van der Waals surface area contributed by atoms with Crippen LogP contribution in [0.5, 0.6) is 0 Å². The molecule has 23 heavy (non-hydrogen) atoms. The third-order valence-electron chi connectivity index (χ3n) is 4.05. The monoisotopic (exact) mass is 310 g/mol. The van der Waals surface area contributed by atoms with Crippen molar-refractivity contribution in [2.75, 3.05) is 18.5 Å². The zero-order valence-electron chi connectivity index (χ0n) is 13.5. The molecule has 5 nitrogen and oxygen atoms in total. The molecule has 0 fully saturated rings. The van der Waals surface area contributed by atoms with Crippen LogP contribution in [0.1, 0.15) is 18.2 Å². The Morgan fingerprint density at radius 3 is 2.78 bits per heavy atom. The fourth-order valence-corrected chi connectivity index (χ4v) is 2.74. The molecule has 0 saturated carbocycles. The minimum Gasteiger partial charge on any atom is -0.396 e. The molecular formula is C18H22N4O. The number of nitrogens with zero attached hydrogens (tertiary/aromatic N) is 3. The van der Waals surface area contributed by atoms with E-state index in [2.05, 4.69) is 34.5 Å². The van der Waals surface area contributed by atoms with Crippen molar-refractivity contribution in [2.45, 2.75) is 20.3 Å². The van der Waals surface area contributed by atoms with Gasteiger partial charge in [0.05, 0.1) is 12.3 Å². The Kier molecular flexibility index (Phi) is 4.30. The van der Waals surface area contributed by atoms with Gasteiger partial charge < -0.3 is 10.4 Å². The molecule has 2 aromatic heterocycles. The Balaban J connectivity index is 1.76. The van der Waals surface area contributed by atoms with Crippen molar-refractivity contribution in [3.63, 3.8) is 0 Å². The number of aliphatic hydroxyl groups excluding tert-OH is 1. The number of hydrogen-bond acceptors (Lipinski definition) is 4. The summed E-state index contributed by atoms with van der Waals surface area (Å²) < 4.78 is 1.82. The van der Waals surface area contributed by atoms with Crippen molar-refractivity contribution < 1.29 is 5.11 Å². The number of aromatic nitrogens is 3. The van der Waals surface area contributed by atoms with E-state index < -0.39 is 0 Å². The molecule has 2 N–H and O–H groups in total. The number of fused-ring (bicyclic) bond motifs is 1. The van der Waals surface area contributed by atoms with E-state index in [-0.39, 0.29) is 12.0 Å². The van der Waals surface area contributed by atoms with Gasteiger partial charge in [-0.2, -0.15) is 5.10 Å². The molecule has 0 amide bonds. The quantitative estimate of drug-likeness (QED) is 0.735. The molecule has 0 aliphatic carbocycles. The summed E-state index contributed by atoms with van der Waals surface area (Å²) in [6.07, 6.45) is 4.37. The van der Waals surface area contributed by atoms with Gasteiger partial charge >= 0.3 is 0 Å². The van der Waals surface area contributed by atoms with Crippen LogP contribution in [0.3, 0.4) is 0 Å². The third-order valence-corrected chi connectivity index (χ3v) is 4.05. The van der Waals surface area contributed by atoms with E-state index in [1.807, 2.05) is 41.9 Å². The van der Waals surface area contributed by atoms with E-state index in [1.54, 1.807) is 6.20 Å². The number of aryl methyl sites for hydroxylation is 1. The Labute approximate surface area is 136 Å². The van der Waals surface area contributed by atoms with Crippen LogP contribution < -0.4 is 5.32 Å². The minimum atomic E-state index is -0.259. The molecule has 3 rings (SSSR count). The zero-order chi connectivity index (χ0) is 16.3. The molecule has 3 aromatic rings. The number of nitrogens with one attached hydrogen (secondary N) is 1. The van der Waals surface area contributed by atoms with E-state index in [0.717, 1.165) is 23.4 Å². The summed E-state index contributed by atoms with van der Waals surface area (Å²) in [5.41, 5.74) is 2.86. The van der Waals surface area contributed by atoms with Crippen LogP contribution in [0.15, 0.2) is 48.8 Å². The molecule has 120 valence electrons. The molecular weight excluding hydrogens is 288 g/mol. The highest BCUT2D eigenvalue weighted by Gasteiger charge is 2.24. The number of benzene rings is 1. The first-order valence-corrected chi connectivity index (χ1v) is 7.79. The molecule has 0 aliphatic rings. The Morgan fingerprint density at radius 2 is 2.04 bits per heavy atom. The van der Waals surface area contributed by atoms with Crippen LogP contribution in [0, 0.1) is 12.3 Å². The lowest BCUT2D eigenvalue weighted by Crippen LogP contribution is -2.33. The Morgan fingerprint density at radius 1 is 1.26 bits per heavy atom. The van der Waals surface area contributed by atoms with Gasteiger partial charge in [0.25, 0.3) is 0 Å². The SMILES string of the molecule is Cc1cc2c(NCC(C)(CO)Cc3ccccc3)nccn2n1. The maximum atomic E-state index is 9.86. The van der Waals surface area contributed by atoms with Crippen molar-refractivity contribution in [2.24, 2.45) is 5.41 Å². The standard InChI is InChI=1S/C18H22N4O/c1-14-10-16-17(19-8-9-22(16)21-14)20-12-18(2,13-23)11-15-6-4-3-5-7-15/h3-10,23H,11-13H2,1-2H3,(H,19,20). The van der Waals surface area contributed by atoms with E-state index in [4.69, 9.17) is 0 Å². The molecule has 0 saturated heterocycles. The fraction of sp³-hybridized carbons (Fsp3) is 0.333. The molecule has 1 unspecified atom stereocenters. The van der Waals surface area contributed by atoms with Crippen LogP contribution in [0.2, 0.25) is 0 Å². The number of rotatable bonds is 6. The van der Waals surface area contributed by atoms with Crippen LogP contribution >= 0.6 is 0 Å². The Bertz CT molecular complexity index is 784. The average Bonchev–Trinajstić information content (AvgIpc) is 2.94. The van der Waals surface area contributed by atoms with E-state index in [0.29, 0.717) is 6.54 Å². The predicted molar refractivity (Wildman–Crippen MR) is 91.6 cm³/mol. The largest absolute Gasteiger partial charge is 0.396 e. The second-order valence-corrected chi connectivity index (χ2v) is 6.38. The van der Waals surface area contributed by atoms with Crippen molar-refractivity contribution in [1.82, 2.24) is 14.6 Å². The van der Waals surface area contributed by atoms with Gasteiger partial charge in [-0.05, 0) is 25.0 Å². The summed E-state index contributed by atoms with van der Waals surface area (Å²) >= 11 is 0. The lowest BCUT2D eigenvalue weighted by Gasteiger charge is -2.28. The summed E-state index contributed by atoms with van der Waals surface area (Å²) in [4.78, 5) is 4.41. The maximum absolute atomic E-state index is 9.86. The predicted octanol–water partition coefficient (Wildman–Crippen LogP) is 2.69. The van der Waals surface area contributed by atoms with Crippen molar-refractivity contribution in [3.8, 4) is 0 Å². The molecule has 0 aliphatic heterocycles. The molecule has 5 heteroatoms. The van der Waals surface area contributed by atoms with Gasteiger partial charge in [0.15, 0.2) is 5.82 Å². The smallest absolute Gasteiger partial charge is 0.152 e. The topological polar surface area (TPSA) is 62.5 Å². The van der Waals surface area contributed by atoms with Gasteiger partial charge in [-0.3, -0.25) is 0 Å². The molecule has 0 spiro atoms. The summed E-state index contributed by atoms with van der Waals surface area (Å²) in [5, 5.41) is 17.6. The van der Waals surface area contributed by atoms with Gasteiger partial charge in [0, 0.05) is 24.4 Å². The molecule has 0 bridgehead atoms. The Hall–Kier alpha value is -2.40. The zero-order valence-corrected chi connectivity index (χ0v) is 13.5. The first kappa shape index (κ1) is 15.5. The van der Waals surface area contributed by atoms with Gasteiger partial charge in [0.2, 0.25) is 0 Å². The normalized spacial score (nSPS) is 13.9. The maximum Gasteiger partial charge on any atom is 0.152 e. The first-order valence-electron chi connectivity index (χ1n) is 7.79. The average molecular weight is 310 g/mol. The van der Waals surface area contributed by atoms with Crippen molar-refractivity contribution >= 4 is 11.3 Å². The second kappa shape index (κ2) is 6.38. The van der Waals surface area contributed by atoms with Gasteiger partial charge in [-0.25, -0.2) is 9.50 Å². The fourth-order valence-electron chi connectivity index (χ4n) is 2.74. The summed E-state index contributed by atoms with van der Waals surface area (Å²) in [6.45, 7) is 4.78. The lowest BCUT2D eigenvalue weighted by molar-refractivity contribution is 0.153. The van der Waals surface area contributed by atoms with Gasteiger partial charge in [-0.15, -0.1) is 0 Å². The van der Waals surface area contributed by atoms with E-state index in [9.17, 15) is 5.11 Å². The van der Waals surface area contributed by atoms with E-state index >= 15 is 0 Å². The first-order chi connectivity index (χ1) is 11.1. The number of anilines is 1. The van der Waals surface area contributed by atoms with Crippen LogP contribution in [0.4, 0.5) is 5.82 Å². The van der Waals surface area contributed by atoms with Crippen LogP contribution in [-0.2, 0) is 6.42 Å². The lowest BCUT2D eigenvalue weighted by atomic mass is 9.84. The minimum absolute atomic E-state index is 0.107. The van der Waals surface area contributed by atoms with Gasteiger partial charge in [-0.1, -0.05) is 37.3 Å². The molecule has 2 heterocycles. The van der Waals surface area contributed by atoms with Crippen LogP contribution in [0.25, 0.3) is 5.52 Å². The highest BCUT2D eigenvalue weighted by atomic mass is 16.3. The summed E-state index contributed by atoms with van der Waals surface area (Å²) in [5.74, 6) is 0.792. The highest BCUT2D eigenvalue weighted by molar-refractivity contribution is 5.67. The number of aliphatic hydroxyl groups is 1. The number of hydrogen-bond donors (Lipinski definition) is 2. The summed E-state index contributed by atoms with van der Waals surface area (Å²) in [6, 6.07) is 12.2. The van der Waals surface area contributed by atoms with Gasteiger partial charge in [0.1, 0.15) is 5.52 Å². The molecule has 0 radical (unpaired) electrons.